The Morgan fingerprint density at radius 1 is 1.59 bits per heavy atom. The maximum Gasteiger partial charge on any atom is 0.417 e. The predicted molar refractivity (Wildman–Crippen MR) is 57.8 cm³/mol. The van der Waals surface area contributed by atoms with Crippen LogP contribution < -0.4 is 9.46 Å². The Morgan fingerprint density at radius 3 is 3.00 bits per heavy atom. The zero-order valence-electron chi connectivity index (χ0n) is 9.04. The first-order valence-electron chi connectivity index (χ1n) is 5.14. The third-order valence-corrected chi connectivity index (χ3v) is 3.20. The van der Waals surface area contributed by atoms with E-state index in [1.165, 1.54) is 0 Å². The molecule has 0 saturated heterocycles. The number of hydrogen-bond donors (Lipinski definition) is 1. The molecule has 1 atom stereocenters. The van der Waals surface area contributed by atoms with E-state index in [0.29, 0.717) is 11.4 Å². The van der Waals surface area contributed by atoms with Crippen LogP contribution in [0.3, 0.4) is 0 Å². The minimum atomic E-state index is -4.38. The Kier molecular flexibility index (Phi) is 3.48. The van der Waals surface area contributed by atoms with Crippen LogP contribution in [0.5, 0.6) is 5.88 Å². The molecule has 1 aromatic heterocycles. The molecule has 0 unspecified atom stereocenters. The van der Waals surface area contributed by atoms with Crippen molar-refractivity contribution in [3.05, 3.63) is 17.8 Å². The van der Waals surface area contributed by atoms with Crippen molar-refractivity contribution >= 4 is 11.9 Å². The monoisotopic (exact) mass is 264 g/mol. The molecule has 2 rings (SSSR count). The van der Waals surface area contributed by atoms with E-state index in [9.17, 15) is 13.2 Å². The summed E-state index contributed by atoms with van der Waals surface area (Å²) in [6, 6.07) is 1.05. The lowest BCUT2D eigenvalue weighted by molar-refractivity contribution is -0.138. The normalized spacial score (nSPS) is 20.4. The molecule has 0 saturated carbocycles. The predicted octanol–water partition coefficient (Wildman–Crippen LogP) is 2.87. The highest BCUT2D eigenvalue weighted by molar-refractivity contribution is 7.97. The minimum absolute atomic E-state index is 0.0620. The second kappa shape index (κ2) is 4.73. The fraction of sp³-hybridized carbons (Fsp3) is 0.500. The first kappa shape index (κ1) is 12.5. The molecule has 0 bridgehead atoms. The summed E-state index contributed by atoms with van der Waals surface area (Å²) in [7, 11) is 0. The van der Waals surface area contributed by atoms with Crippen molar-refractivity contribution in [1.82, 2.24) is 9.71 Å². The molecule has 0 fully saturated rings. The van der Waals surface area contributed by atoms with Gasteiger partial charge in [-0.15, -0.1) is 0 Å². The fourth-order valence-electron chi connectivity index (χ4n) is 1.39. The first-order chi connectivity index (χ1) is 8.00. The van der Waals surface area contributed by atoms with Gasteiger partial charge in [0.05, 0.1) is 10.5 Å². The lowest BCUT2D eigenvalue weighted by Gasteiger charge is -2.14. The second-order valence-electron chi connectivity index (χ2n) is 3.62. The van der Waals surface area contributed by atoms with Gasteiger partial charge >= 0.3 is 6.18 Å². The number of hydrogen-bond acceptors (Lipinski definition) is 4. The Hall–Kier alpha value is -0.950. The van der Waals surface area contributed by atoms with Crippen LogP contribution in [0.15, 0.2) is 17.2 Å². The Labute approximate surface area is 101 Å². The van der Waals surface area contributed by atoms with E-state index >= 15 is 0 Å². The van der Waals surface area contributed by atoms with E-state index in [1.54, 1.807) is 0 Å². The molecular formula is C10H11F3N2OS. The van der Waals surface area contributed by atoms with Gasteiger partial charge in [-0.1, -0.05) is 6.92 Å². The zero-order chi connectivity index (χ0) is 12.5. The number of aromatic nitrogens is 1. The van der Waals surface area contributed by atoms with Crippen molar-refractivity contribution in [2.45, 2.75) is 30.5 Å². The fourth-order valence-corrected chi connectivity index (χ4v) is 2.19. The molecule has 1 N–H and O–H groups in total. The average molecular weight is 264 g/mol. The van der Waals surface area contributed by atoms with Gasteiger partial charge in [-0.2, -0.15) is 13.2 Å². The van der Waals surface area contributed by atoms with Crippen LogP contribution in [0.4, 0.5) is 13.2 Å². The number of alkyl halides is 3. The number of rotatable bonds is 1. The van der Waals surface area contributed by atoms with E-state index in [1.807, 2.05) is 6.92 Å². The van der Waals surface area contributed by atoms with E-state index in [0.717, 1.165) is 30.6 Å². The Balaban J connectivity index is 2.31. The largest absolute Gasteiger partial charge is 0.472 e. The van der Waals surface area contributed by atoms with Crippen molar-refractivity contribution in [1.29, 1.82) is 0 Å². The smallest absolute Gasteiger partial charge is 0.417 e. The maximum absolute atomic E-state index is 12.5. The van der Waals surface area contributed by atoms with Crippen molar-refractivity contribution in [3.63, 3.8) is 0 Å². The minimum Gasteiger partial charge on any atom is -0.472 e. The molecule has 7 heteroatoms. The SMILES string of the molecule is CC[C@@H]1CNSc2cc(C(F)(F)F)cnc2O1. The summed E-state index contributed by atoms with van der Waals surface area (Å²) in [5, 5.41) is 0. The zero-order valence-corrected chi connectivity index (χ0v) is 9.86. The summed E-state index contributed by atoms with van der Waals surface area (Å²) in [5.41, 5.74) is -0.760. The van der Waals surface area contributed by atoms with E-state index in [4.69, 9.17) is 4.74 Å². The molecule has 1 aromatic rings. The van der Waals surface area contributed by atoms with E-state index < -0.39 is 11.7 Å². The standard InChI is InChI=1S/C10H11F3N2OS/c1-2-7-5-15-17-8-3-6(10(11,12)13)4-14-9(8)16-7/h3-4,7,15H,2,5H2,1H3/t7-/m1/s1. The lowest BCUT2D eigenvalue weighted by Crippen LogP contribution is -2.25. The Bertz CT molecular complexity index is 411. The van der Waals surface area contributed by atoms with Crippen LogP contribution in [0.25, 0.3) is 0 Å². The van der Waals surface area contributed by atoms with Gasteiger partial charge in [0.2, 0.25) is 5.88 Å². The number of fused-ring (bicyclic) bond motifs is 1. The number of nitrogens with zero attached hydrogens (tertiary/aromatic N) is 1. The third-order valence-electron chi connectivity index (χ3n) is 2.37. The van der Waals surface area contributed by atoms with Gasteiger partial charge in [0, 0.05) is 12.7 Å². The highest BCUT2D eigenvalue weighted by atomic mass is 32.2. The van der Waals surface area contributed by atoms with Crippen molar-refractivity contribution in [2.24, 2.45) is 0 Å². The molecule has 0 amide bonds. The molecule has 2 heterocycles. The lowest BCUT2D eigenvalue weighted by atomic mass is 10.2. The maximum atomic E-state index is 12.5. The summed E-state index contributed by atoms with van der Waals surface area (Å²) in [4.78, 5) is 4.11. The van der Waals surface area contributed by atoms with E-state index in [-0.39, 0.29) is 12.0 Å². The molecule has 1 aliphatic heterocycles. The average Bonchev–Trinajstić information content (AvgIpc) is 2.48. The summed E-state index contributed by atoms with van der Waals surface area (Å²) in [6.45, 7) is 2.53. The second-order valence-corrected chi connectivity index (χ2v) is 4.56. The quantitative estimate of drug-likeness (QED) is 0.791. The van der Waals surface area contributed by atoms with Gasteiger partial charge in [0.15, 0.2) is 0 Å². The molecule has 1 aliphatic rings. The molecule has 0 radical (unpaired) electrons. The van der Waals surface area contributed by atoms with Crippen LogP contribution in [0.1, 0.15) is 18.9 Å². The highest BCUT2D eigenvalue weighted by Gasteiger charge is 2.32. The van der Waals surface area contributed by atoms with Crippen LogP contribution in [-0.2, 0) is 6.18 Å². The van der Waals surface area contributed by atoms with Crippen molar-refractivity contribution < 1.29 is 17.9 Å². The van der Waals surface area contributed by atoms with Crippen molar-refractivity contribution in [3.8, 4) is 5.88 Å². The molecule has 0 aromatic carbocycles. The summed E-state index contributed by atoms with van der Waals surface area (Å²) in [6.07, 6.45) is -2.86. The number of nitrogens with one attached hydrogen (secondary N) is 1. The summed E-state index contributed by atoms with van der Waals surface area (Å²) in [5.74, 6) is 0.264. The molecule has 17 heavy (non-hydrogen) atoms. The topological polar surface area (TPSA) is 34.2 Å². The third kappa shape index (κ3) is 2.84. The number of halogens is 3. The van der Waals surface area contributed by atoms with Gasteiger partial charge in [-0.05, 0) is 24.4 Å². The van der Waals surface area contributed by atoms with E-state index in [2.05, 4.69) is 9.71 Å². The highest BCUT2D eigenvalue weighted by Crippen LogP contribution is 2.35. The molecule has 0 spiro atoms. The van der Waals surface area contributed by atoms with Crippen LogP contribution in [0, 0.1) is 0 Å². The van der Waals surface area contributed by atoms with Crippen LogP contribution >= 0.6 is 11.9 Å². The number of ether oxygens (including phenoxy) is 1. The first-order valence-corrected chi connectivity index (χ1v) is 5.96. The Morgan fingerprint density at radius 2 is 2.35 bits per heavy atom. The van der Waals surface area contributed by atoms with Gasteiger partial charge in [0.25, 0.3) is 0 Å². The van der Waals surface area contributed by atoms with Gasteiger partial charge in [-0.25, -0.2) is 4.98 Å². The number of pyridine rings is 1. The van der Waals surface area contributed by atoms with Crippen LogP contribution in [0.2, 0.25) is 0 Å². The van der Waals surface area contributed by atoms with Crippen molar-refractivity contribution in [2.75, 3.05) is 6.54 Å². The molecule has 0 aliphatic carbocycles. The van der Waals surface area contributed by atoms with Gasteiger partial charge in [-0.3, -0.25) is 4.72 Å². The molecular weight excluding hydrogens is 253 g/mol. The molecule has 94 valence electrons. The van der Waals surface area contributed by atoms with Gasteiger partial charge < -0.3 is 4.74 Å². The van der Waals surface area contributed by atoms with Gasteiger partial charge in [0.1, 0.15) is 6.10 Å². The summed E-state index contributed by atoms with van der Waals surface area (Å²) >= 11 is 1.12. The molecule has 3 nitrogen and oxygen atoms in total. The van der Waals surface area contributed by atoms with Crippen LogP contribution in [-0.4, -0.2) is 17.6 Å². The summed E-state index contributed by atoms with van der Waals surface area (Å²) < 4.78 is 46.0.